The molecule has 0 amide bonds. The fraction of sp³-hybridized carbons (Fsp3) is 0.750. The number of hydrogen-bond donors (Lipinski definition) is 2. The molecule has 0 aliphatic carbocycles. The van der Waals surface area contributed by atoms with Crippen molar-refractivity contribution in [3.05, 3.63) is 23.8 Å². The first-order valence-electron chi connectivity index (χ1n) is 7.57. The lowest BCUT2D eigenvalue weighted by Gasteiger charge is -2.23. The minimum absolute atomic E-state index is 0.0800. The van der Waals surface area contributed by atoms with Crippen molar-refractivity contribution in [3.8, 4) is 0 Å². The van der Waals surface area contributed by atoms with Crippen molar-refractivity contribution < 1.29 is 5.11 Å². The zero-order chi connectivity index (χ0) is 14.5. The van der Waals surface area contributed by atoms with Crippen LogP contribution in [0, 0.1) is 0 Å². The van der Waals surface area contributed by atoms with Crippen LogP contribution in [0.4, 0.5) is 0 Å². The molecule has 1 atom stereocenters. The van der Waals surface area contributed by atoms with Gasteiger partial charge in [0.15, 0.2) is 0 Å². The molecule has 0 saturated heterocycles. The van der Waals surface area contributed by atoms with E-state index in [1.807, 2.05) is 6.92 Å². The molecular formula is C16H32N2O. The summed E-state index contributed by atoms with van der Waals surface area (Å²) in [4.78, 5) is 2.45. The maximum Gasteiger partial charge on any atom is 0.0583 e. The van der Waals surface area contributed by atoms with Crippen LogP contribution in [0.2, 0.25) is 0 Å². The normalized spacial score (nSPS) is 14.5. The molecule has 3 nitrogen and oxygen atoms in total. The SMILES string of the molecule is C/C=C\C=C(/CC)CCN(CCC)CCC(N)CO. The van der Waals surface area contributed by atoms with Crippen molar-refractivity contribution >= 4 is 0 Å². The van der Waals surface area contributed by atoms with E-state index >= 15 is 0 Å². The van der Waals surface area contributed by atoms with Crippen LogP contribution < -0.4 is 5.73 Å². The van der Waals surface area contributed by atoms with Gasteiger partial charge in [-0.3, -0.25) is 0 Å². The van der Waals surface area contributed by atoms with Crippen LogP contribution in [0.3, 0.4) is 0 Å². The molecule has 0 aliphatic heterocycles. The molecule has 0 saturated carbocycles. The molecule has 0 bridgehead atoms. The quantitative estimate of drug-likeness (QED) is 0.566. The minimum Gasteiger partial charge on any atom is -0.395 e. The Kier molecular flexibility index (Phi) is 12.0. The third kappa shape index (κ3) is 9.88. The molecule has 0 aliphatic rings. The van der Waals surface area contributed by atoms with E-state index in [1.165, 1.54) is 5.57 Å². The first-order valence-corrected chi connectivity index (χ1v) is 7.57. The second-order valence-electron chi connectivity index (χ2n) is 5.03. The van der Waals surface area contributed by atoms with E-state index in [0.717, 1.165) is 45.3 Å². The third-order valence-corrected chi connectivity index (χ3v) is 3.32. The Labute approximate surface area is 119 Å². The molecule has 112 valence electrons. The molecular weight excluding hydrogens is 236 g/mol. The van der Waals surface area contributed by atoms with Gasteiger partial charge in [0.05, 0.1) is 6.61 Å². The summed E-state index contributed by atoms with van der Waals surface area (Å²) >= 11 is 0. The number of aliphatic hydroxyl groups is 1. The lowest BCUT2D eigenvalue weighted by Crippen LogP contribution is -2.33. The van der Waals surface area contributed by atoms with Gasteiger partial charge in [-0.1, -0.05) is 37.6 Å². The molecule has 0 rings (SSSR count). The van der Waals surface area contributed by atoms with Crippen molar-refractivity contribution in [2.24, 2.45) is 5.73 Å². The van der Waals surface area contributed by atoms with Crippen LogP contribution in [-0.4, -0.2) is 42.3 Å². The van der Waals surface area contributed by atoms with Gasteiger partial charge in [0.25, 0.3) is 0 Å². The summed E-state index contributed by atoms with van der Waals surface area (Å²) in [6, 6.07) is -0.0800. The highest BCUT2D eigenvalue weighted by atomic mass is 16.3. The van der Waals surface area contributed by atoms with Crippen LogP contribution in [0.15, 0.2) is 23.8 Å². The third-order valence-electron chi connectivity index (χ3n) is 3.32. The fourth-order valence-electron chi connectivity index (χ4n) is 2.00. The Morgan fingerprint density at radius 3 is 2.53 bits per heavy atom. The van der Waals surface area contributed by atoms with Gasteiger partial charge in [-0.05, 0) is 45.7 Å². The van der Waals surface area contributed by atoms with Crippen molar-refractivity contribution in [1.29, 1.82) is 0 Å². The van der Waals surface area contributed by atoms with Crippen LogP contribution >= 0.6 is 0 Å². The van der Waals surface area contributed by atoms with Crippen molar-refractivity contribution in [2.45, 2.75) is 52.5 Å². The minimum atomic E-state index is -0.0800. The summed E-state index contributed by atoms with van der Waals surface area (Å²) < 4.78 is 0. The molecule has 0 aromatic rings. The van der Waals surface area contributed by atoms with Gasteiger partial charge in [0.1, 0.15) is 0 Å². The predicted molar refractivity (Wildman–Crippen MR) is 84.2 cm³/mol. The Bertz CT molecular complexity index is 261. The summed E-state index contributed by atoms with van der Waals surface area (Å²) in [5.41, 5.74) is 7.26. The largest absolute Gasteiger partial charge is 0.395 e. The topological polar surface area (TPSA) is 49.5 Å². The maximum atomic E-state index is 8.97. The summed E-state index contributed by atoms with van der Waals surface area (Å²) in [7, 11) is 0. The molecule has 0 fully saturated rings. The molecule has 0 radical (unpaired) electrons. The number of nitrogens with two attached hydrogens (primary N) is 1. The summed E-state index contributed by atoms with van der Waals surface area (Å²) in [6.07, 6.45) is 10.7. The number of aliphatic hydroxyl groups excluding tert-OH is 1. The predicted octanol–water partition coefficient (Wildman–Crippen LogP) is 2.71. The first-order chi connectivity index (χ1) is 9.17. The average Bonchev–Trinajstić information content (AvgIpc) is 2.44. The summed E-state index contributed by atoms with van der Waals surface area (Å²) in [5, 5.41) is 8.97. The van der Waals surface area contributed by atoms with Crippen LogP contribution in [0.25, 0.3) is 0 Å². The van der Waals surface area contributed by atoms with Gasteiger partial charge in [-0.2, -0.15) is 0 Å². The van der Waals surface area contributed by atoms with Crippen LogP contribution in [0.5, 0.6) is 0 Å². The summed E-state index contributed by atoms with van der Waals surface area (Å²) in [6.45, 7) is 9.72. The Morgan fingerprint density at radius 2 is 2.00 bits per heavy atom. The van der Waals surface area contributed by atoms with Gasteiger partial charge in [-0.25, -0.2) is 0 Å². The van der Waals surface area contributed by atoms with Gasteiger partial charge >= 0.3 is 0 Å². The number of allylic oxidation sites excluding steroid dienone is 3. The van der Waals surface area contributed by atoms with E-state index in [-0.39, 0.29) is 12.6 Å². The molecule has 1 unspecified atom stereocenters. The average molecular weight is 268 g/mol. The van der Waals surface area contributed by atoms with Gasteiger partial charge in [0.2, 0.25) is 0 Å². The molecule has 0 heterocycles. The smallest absolute Gasteiger partial charge is 0.0583 e. The first kappa shape index (κ1) is 18.4. The lowest BCUT2D eigenvalue weighted by molar-refractivity contribution is 0.224. The summed E-state index contributed by atoms with van der Waals surface area (Å²) in [5.74, 6) is 0. The highest BCUT2D eigenvalue weighted by Crippen LogP contribution is 2.09. The van der Waals surface area contributed by atoms with E-state index in [2.05, 4.69) is 37.0 Å². The number of hydrogen-bond acceptors (Lipinski definition) is 3. The highest BCUT2D eigenvalue weighted by molar-refractivity contribution is 5.11. The second-order valence-corrected chi connectivity index (χ2v) is 5.03. The molecule has 3 heteroatoms. The van der Waals surface area contributed by atoms with Gasteiger partial charge in [0, 0.05) is 12.6 Å². The van der Waals surface area contributed by atoms with Crippen molar-refractivity contribution in [2.75, 3.05) is 26.2 Å². The van der Waals surface area contributed by atoms with E-state index in [0.29, 0.717) is 0 Å². The van der Waals surface area contributed by atoms with Crippen LogP contribution in [0.1, 0.15) is 46.5 Å². The Balaban J connectivity index is 4.17. The molecule has 0 spiro atoms. The van der Waals surface area contributed by atoms with E-state index in [9.17, 15) is 0 Å². The van der Waals surface area contributed by atoms with Crippen LogP contribution in [-0.2, 0) is 0 Å². The lowest BCUT2D eigenvalue weighted by atomic mass is 10.1. The Morgan fingerprint density at radius 1 is 1.26 bits per heavy atom. The number of nitrogens with zero attached hydrogens (tertiary/aromatic N) is 1. The zero-order valence-corrected chi connectivity index (χ0v) is 12.9. The zero-order valence-electron chi connectivity index (χ0n) is 12.9. The molecule has 3 N–H and O–H groups in total. The standard InChI is InChI=1S/C16H32N2O/c1-4-7-8-15(6-3)9-12-18(11-5-2)13-10-16(17)14-19/h4,7-8,16,19H,5-6,9-14,17H2,1-3H3/b7-4-,15-8+. The molecule has 0 aromatic heterocycles. The van der Waals surface area contributed by atoms with Gasteiger partial charge in [-0.15, -0.1) is 0 Å². The monoisotopic (exact) mass is 268 g/mol. The van der Waals surface area contributed by atoms with E-state index in [1.54, 1.807) is 0 Å². The van der Waals surface area contributed by atoms with E-state index < -0.39 is 0 Å². The molecule has 0 aromatic carbocycles. The second kappa shape index (κ2) is 12.4. The molecule has 19 heavy (non-hydrogen) atoms. The van der Waals surface area contributed by atoms with Gasteiger partial charge < -0.3 is 15.7 Å². The highest BCUT2D eigenvalue weighted by Gasteiger charge is 2.07. The maximum absolute atomic E-state index is 8.97. The number of rotatable bonds is 11. The van der Waals surface area contributed by atoms with Crippen molar-refractivity contribution in [3.63, 3.8) is 0 Å². The fourth-order valence-corrected chi connectivity index (χ4v) is 2.00. The van der Waals surface area contributed by atoms with Crippen molar-refractivity contribution in [1.82, 2.24) is 4.90 Å². The van der Waals surface area contributed by atoms with E-state index in [4.69, 9.17) is 10.8 Å². The Hall–Kier alpha value is -0.640.